The van der Waals surface area contributed by atoms with Crippen molar-refractivity contribution < 1.29 is 0 Å². The van der Waals surface area contributed by atoms with Gasteiger partial charge in [-0.25, -0.2) is 4.98 Å². The van der Waals surface area contributed by atoms with Crippen LogP contribution in [0, 0.1) is 6.92 Å². The summed E-state index contributed by atoms with van der Waals surface area (Å²) in [4.78, 5) is 4.21. The maximum absolute atomic E-state index is 6.30. The van der Waals surface area contributed by atoms with E-state index in [-0.39, 0.29) is 0 Å². The molecule has 0 aliphatic heterocycles. The van der Waals surface area contributed by atoms with Crippen LogP contribution in [0.25, 0.3) is 5.69 Å². The van der Waals surface area contributed by atoms with Crippen molar-refractivity contribution in [2.24, 2.45) is 0 Å². The molecule has 0 radical (unpaired) electrons. The number of halogens is 1. The molecule has 0 saturated carbocycles. The van der Waals surface area contributed by atoms with Crippen molar-refractivity contribution in [2.45, 2.75) is 26.8 Å². The zero-order chi connectivity index (χ0) is 13.0. The van der Waals surface area contributed by atoms with E-state index in [2.05, 4.69) is 29.4 Å². The number of nitrogens with one attached hydrogen (secondary N) is 1. The minimum Gasteiger partial charge on any atom is -0.313 e. The number of nitrogens with zero attached hydrogens (tertiary/aromatic N) is 2. The molecule has 18 heavy (non-hydrogen) atoms. The summed E-state index contributed by atoms with van der Waals surface area (Å²) in [5.74, 6) is 0.961. The van der Waals surface area contributed by atoms with Crippen LogP contribution in [-0.2, 0) is 6.54 Å². The van der Waals surface area contributed by atoms with Crippen LogP contribution in [0.4, 0.5) is 0 Å². The van der Waals surface area contributed by atoms with Gasteiger partial charge in [-0.05, 0) is 37.6 Å². The Morgan fingerprint density at radius 1 is 1.39 bits per heavy atom. The molecule has 0 atom stereocenters. The van der Waals surface area contributed by atoms with Gasteiger partial charge in [-0.2, -0.15) is 0 Å². The quantitative estimate of drug-likeness (QED) is 0.839. The van der Waals surface area contributed by atoms with Gasteiger partial charge in [-0.1, -0.05) is 24.6 Å². The van der Waals surface area contributed by atoms with Crippen molar-refractivity contribution in [3.8, 4) is 5.69 Å². The van der Waals surface area contributed by atoms with E-state index < -0.39 is 0 Å². The van der Waals surface area contributed by atoms with Crippen LogP contribution < -0.4 is 5.32 Å². The van der Waals surface area contributed by atoms with E-state index in [0.29, 0.717) is 0 Å². The molecule has 2 rings (SSSR count). The molecule has 3 nitrogen and oxygen atoms in total. The third kappa shape index (κ3) is 2.92. The van der Waals surface area contributed by atoms with Crippen LogP contribution in [0.5, 0.6) is 0 Å². The van der Waals surface area contributed by atoms with Gasteiger partial charge in [-0.3, -0.25) is 0 Å². The minimum absolute atomic E-state index is 0.796. The summed E-state index contributed by atoms with van der Waals surface area (Å²) in [6.07, 6.45) is 4.86. The zero-order valence-electron chi connectivity index (χ0n) is 10.8. The molecule has 96 valence electrons. The molecular formula is C14H18ClN3. The van der Waals surface area contributed by atoms with Crippen molar-refractivity contribution in [1.29, 1.82) is 0 Å². The Labute approximate surface area is 113 Å². The number of aryl methyl sites for hydroxylation is 1. The summed E-state index contributed by atoms with van der Waals surface area (Å²) in [6.45, 7) is 5.96. The highest BCUT2D eigenvalue weighted by molar-refractivity contribution is 6.31. The lowest BCUT2D eigenvalue weighted by Gasteiger charge is -2.09. The minimum atomic E-state index is 0.796. The number of hydrogen-bond acceptors (Lipinski definition) is 2. The van der Waals surface area contributed by atoms with Crippen LogP contribution in [0.1, 0.15) is 24.7 Å². The molecule has 1 aromatic heterocycles. The van der Waals surface area contributed by atoms with Crippen LogP contribution >= 0.6 is 11.6 Å². The van der Waals surface area contributed by atoms with Gasteiger partial charge >= 0.3 is 0 Å². The molecule has 1 N–H and O–H groups in total. The fraction of sp³-hybridized carbons (Fsp3) is 0.357. The Hall–Kier alpha value is -1.32. The molecule has 0 aliphatic carbocycles. The van der Waals surface area contributed by atoms with Gasteiger partial charge in [-0.15, -0.1) is 0 Å². The number of rotatable bonds is 5. The normalized spacial score (nSPS) is 10.8. The summed E-state index contributed by atoms with van der Waals surface area (Å²) in [5, 5.41) is 4.15. The van der Waals surface area contributed by atoms with Crippen molar-refractivity contribution in [3.63, 3.8) is 0 Å². The monoisotopic (exact) mass is 263 g/mol. The van der Waals surface area contributed by atoms with E-state index in [4.69, 9.17) is 11.6 Å². The maximum atomic E-state index is 6.30. The standard InChI is InChI=1S/C14H18ClN3/c1-3-6-16-10-12-4-5-13(9-14(12)15)18-8-7-17-11(18)2/h4-5,7-9,16H,3,6,10H2,1-2H3. The van der Waals surface area contributed by atoms with Crippen molar-refractivity contribution in [1.82, 2.24) is 14.9 Å². The number of aromatic nitrogens is 2. The largest absolute Gasteiger partial charge is 0.313 e. The second kappa shape index (κ2) is 6.03. The van der Waals surface area contributed by atoms with Crippen molar-refractivity contribution in [3.05, 3.63) is 47.0 Å². The number of imidazole rings is 1. The average Bonchev–Trinajstić information content (AvgIpc) is 2.78. The van der Waals surface area contributed by atoms with Crippen LogP contribution in [-0.4, -0.2) is 16.1 Å². The van der Waals surface area contributed by atoms with Gasteiger partial charge in [0.1, 0.15) is 5.82 Å². The van der Waals surface area contributed by atoms with Crippen molar-refractivity contribution >= 4 is 11.6 Å². The molecule has 0 fully saturated rings. The third-order valence-electron chi connectivity index (χ3n) is 2.88. The first-order valence-corrected chi connectivity index (χ1v) is 6.59. The summed E-state index contributed by atoms with van der Waals surface area (Å²) in [7, 11) is 0. The topological polar surface area (TPSA) is 29.9 Å². The van der Waals surface area contributed by atoms with Crippen molar-refractivity contribution in [2.75, 3.05) is 6.54 Å². The molecule has 0 aliphatic rings. The lowest BCUT2D eigenvalue weighted by atomic mass is 10.2. The van der Waals surface area contributed by atoms with Crippen LogP contribution in [0.15, 0.2) is 30.6 Å². The highest BCUT2D eigenvalue weighted by atomic mass is 35.5. The van der Waals surface area contributed by atoms with Gasteiger partial charge in [0.15, 0.2) is 0 Å². The molecule has 0 spiro atoms. The van der Waals surface area contributed by atoms with Gasteiger partial charge in [0.25, 0.3) is 0 Å². The molecule has 1 aromatic carbocycles. The Morgan fingerprint density at radius 2 is 2.22 bits per heavy atom. The molecule has 0 unspecified atom stereocenters. The van der Waals surface area contributed by atoms with E-state index in [1.165, 1.54) is 0 Å². The molecule has 4 heteroatoms. The summed E-state index contributed by atoms with van der Waals surface area (Å²) in [5.41, 5.74) is 2.18. The maximum Gasteiger partial charge on any atom is 0.110 e. The SMILES string of the molecule is CCCNCc1ccc(-n2ccnc2C)cc1Cl. The van der Waals surface area contributed by atoms with Gasteiger partial charge < -0.3 is 9.88 Å². The summed E-state index contributed by atoms with van der Waals surface area (Å²) in [6, 6.07) is 6.13. The predicted molar refractivity (Wildman–Crippen MR) is 75.3 cm³/mol. The molecule has 2 aromatic rings. The first-order chi connectivity index (χ1) is 8.72. The molecule has 0 amide bonds. The Morgan fingerprint density at radius 3 is 2.83 bits per heavy atom. The van der Waals surface area contributed by atoms with Gasteiger partial charge in [0.05, 0.1) is 0 Å². The van der Waals surface area contributed by atoms with Crippen LogP contribution in [0.2, 0.25) is 5.02 Å². The van der Waals surface area contributed by atoms with Gasteiger partial charge in [0, 0.05) is 29.6 Å². The molecular weight excluding hydrogens is 246 g/mol. The van der Waals surface area contributed by atoms with E-state index >= 15 is 0 Å². The Kier molecular flexibility index (Phi) is 4.39. The average molecular weight is 264 g/mol. The number of hydrogen-bond donors (Lipinski definition) is 1. The van der Waals surface area contributed by atoms with E-state index in [0.717, 1.165) is 41.6 Å². The fourth-order valence-corrected chi connectivity index (χ4v) is 2.12. The fourth-order valence-electron chi connectivity index (χ4n) is 1.88. The summed E-state index contributed by atoms with van der Waals surface area (Å²) >= 11 is 6.30. The highest BCUT2D eigenvalue weighted by Crippen LogP contribution is 2.21. The van der Waals surface area contributed by atoms with Crippen LogP contribution in [0.3, 0.4) is 0 Å². The lowest BCUT2D eigenvalue weighted by molar-refractivity contribution is 0.675. The van der Waals surface area contributed by atoms with E-state index in [1.54, 1.807) is 6.20 Å². The summed E-state index contributed by atoms with van der Waals surface area (Å²) < 4.78 is 2.02. The van der Waals surface area contributed by atoms with Gasteiger partial charge in [0.2, 0.25) is 0 Å². The van der Waals surface area contributed by atoms with E-state index in [1.807, 2.05) is 23.8 Å². The predicted octanol–water partition coefficient (Wildman–Crippen LogP) is 3.33. The second-order valence-electron chi connectivity index (χ2n) is 4.30. The Balaban J connectivity index is 2.17. The first-order valence-electron chi connectivity index (χ1n) is 6.22. The number of benzene rings is 1. The third-order valence-corrected chi connectivity index (χ3v) is 3.23. The lowest BCUT2D eigenvalue weighted by Crippen LogP contribution is -2.14. The smallest absolute Gasteiger partial charge is 0.110 e. The zero-order valence-corrected chi connectivity index (χ0v) is 11.5. The van der Waals surface area contributed by atoms with E-state index in [9.17, 15) is 0 Å². The first kappa shape index (κ1) is 13.1. The molecule has 0 bridgehead atoms. The Bertz CT molecular complexity index is 520. The molecule has 1 heterocycles. The molecule has 0 saturated heterocycles. The highest BCUT2D eigenvalue weighted by Gasteiger charge is 2.04. The second-order valence-corrected chi connectivity index (χ2v) is 4.70.